The van der Waals surface area contributed by atoms with E-state index in [1.165, 1.54) is 6.07 Å². The van der Waals surface area contributed by atoms with Crippen LogP contribution < -0.4 is 9.64 Å². The van der Waals surface area contributed by atoms with Crippen LogP contribution in [0.1, 0.15) is 39.5 Å². The first-order chi connectivity index (χ1) is 13.4. The SMILES string of the molecule is CCOCC#CC(C)Oc1cc(N2C(=O)C3CCCCC3C2=O)c(F)cc1Cl. The number of rotatable bonds is 5. The average molecular weight is 408 g/mol. The number of halogens is 2. The predicted molar refractivity (Wildman–Crippen MR) is 104 cm³/mol. The van der Waals surface area contributed by atoms with E-state index >= 15 is 0 Å². The third-order valence-electron chi connectivity index (χ3n) is 5.07. The van der Waals surface area contributed by atoms with Gasteiger partial charge in [0.2, 0.25) is 11.8 Å². The number of anilines is 1. The van der Waals surface area contributed by atoms with Crippen molar-refractivity contribution in [1.82, 2.24) is 0 Å². The van der Waals surface area contributed by atoms with Crippen LogP contribution in [0.25, 0.3) is 0 Å². The maximum Gasteiger partial charge on any atom is 0.237 e. The van der Waals surface area contributed by atoms with Gasteiger partial charge in [0.05, 0.1) is 22.5 Å². The van der Waals surface area contributed by atoms with E-state index in [-0.39, 0.29) is 46.7 Å². The number of amides is 2. The van der Waals surface area contributed by atoms with Crippen molar-refractivity contribution in [1.29, 1.82) is 0 Å². The number of carbonyl (C=O) groups excluding carboxylic acids is 2. The minimum Gasteiger partial charge on any atom is -0.476 e. The summed E-state index contributed by atoms with van der Waals surface area (Å²) in [6.07, 6.45) is 2.62. The summed E-state index contributed by atoms with van der Waals surface area (Å²) < 4.78 is 25.4. The van der Waals surface area contributed by atoms with E-state index < -0.39 is 11.9 Å². The molecule has 7 heteroatoms. The minimum atomic E-state index is -0.729. The van der Waals surface area contributed by atoms with Gasteiger partial charge in [-0.05, 0) is 32.8 Å². The molecule has 3 rings (SSSR count). The molecule has 0 spiro atoms. The summed E-state index contributed by atoms with van der Waals surface area (Å²) in [4.78, 5) is 26.5. The van der Waals surface area contributed by atoms with E-state index in [4.69, 9.17) is 21.1 Å². The van der Waals surface area contributed by atoms with E-state index in [1.807, 2.05) is 6.92 Å². The second kappa shape index (κ2) is 8.93. The quantitative estimate of drug-likeness (QED) is 0.421. The summed E-state index contributed by atoms with van der Waals surface area (Å²) in [6.45, 7) is 4.45. The molecular weight excluding hydrogens is 385 g/mol. The maximum absolute atomic E-state index is 14.6. The zero-order valence-electron chi connectivity index (χ0n) is 16.0. The smallest absolute Gasteiger partial charge is 0.237 e. The molecule has 28 heavy (non-hydrogen) atoms. The molecule has 1 aliphatic carbocycles. The standard InChI is InChI=1S/C21H23ClFNO4/c1-3-27-10-6-7-13(2)28-19-12-18(17(23)11-16(19)22)24-20(25)14-8-4-5-9-15(14)21(24)26/h11-15H,3-5,8-10H2,1-2H3. The number of nitrogens with zero attached hydrogens (tertiary/aromatic N) is 1. The van der Waals surface area contributed by atoms with Crippen molar-refractivity contribution in [2.75, 3.05) is 18.1 Å². The van der Waals surface area contributed by atoms with Crippen LogP contribution in [-0.2, 0) is 14.3 Å². The summed E-state index contributed by atoms with van der Waals surface area (Å²) in [5, 5.41) is 0.0521. The van der Waals surface area contributed by atoms with Crippen LogP contribution in [-0.4, -0.2) is 31.1 Å². The van der Waals surface area contributed by atoms with Gasteiger partial charge in [0.25, 0.3) is 0 Å². The third-order valence-corrected chi connectivity index (χ3v) is 5.37. The van der Waals surface area contributed by atoms with Crippen LogP contribution in [0.2, 0.25) is 5.02 Å². The average Bonchev–Trinajstić information content (AvgIpc) is 2.92. The Kier molecular flexibility index (Phi) is 6.58. The van der Waals surface area contributed by atoms with Gasteiger partial charge >= 0.3 is 0 Å². The second-order valence-corrected chi connectivity index (χ2v) is 7.37. The van der Waals surface area contributed by atoms with Crippen molar-refractivity contribution in [2.24, 2.45) is 11.8 Å². The van der Waals surface area contributed by atoms with Gasteiger partial charge in [-0.1, -0.05) is 36.3 Å². The van der Waals surface area contributed by atoms with Crippen molar-refractivity contribution in [3.05, 3.63) is 23.0 Å². The fraction of sp³-hybridized carbons (Fsp3) is 0.524. The van der Waals surface area contributed by atoms with E-state index in [1.54, 1.807) is 6.92 Å². The molecule has 2 amide bonds. The molecular formula is C21H23ClFNO4. The van der Waals surface area contributed by atoms with Crippen molar-refractivity contribution < 1.29 is 23.5 Å². The van der Waals surface area contributed by atoms with E-state index in [2.05, 4.69) is 11.8 Å². The lowest BCUT2D eigenvalue weighted by atomic mass is 9.81. The van der Waals surface area contributed by atoms with Gasteiger partial charge in [0.15, 0.2) is 6.10 Å². The summed E-state index contributed by atoms with van der Waals surface area (Å²) >= 11 is 6.10. The van der Waals surface area contributed by atoms with Gasteiger partial charge < -0.3 is 9.47 Å². The zero-order valence-corrected chi connectivity index (χ0v) is 16.7. The number of hydrogen-bond donors (Lipinski definition) is 0. The number of fused-ring (bicyclic) bond motifs is 1. The Bertz CT molecular complexity index is 808. The van der Waals surface area contributed by atoms with Gasteiger partial charge in [0, 0.05) is 12.7 Å². The lowest BCUT2D eigenvalue weighted by Crippen LogP contribution is -2.31. The van der Waals surface area contributed by atoms with E-state index in [0.717, 1.165) is 23.8 Å². The van der Waals surface area contributed by atoms with Crippen molar-refractivity contribution >= 4 is 29.1 Å². The molecule has 1 aromatic rings. The molecule has 1 aromatic carbocycles. The van der Waals surface area contributed by atoms with Crippen LogP contribution in [0.3, 0.4) is 0 Å². The van der Waals surface area contributed by atoms with Crippen LogP contribution >= 0.6 is 11.6 Å². The molecule has 2 aliphatic rings. The first kappa shape index (κ1) is 20.6. The molecule has 1 saturated heterocycles. The number of imide groups is 1. The number of hydrogen-bond acceptors (Lipinski definition) is 4. The maximum atomic E-state index is 14.6. The number of benzene rings is 1. The molecule has 0 aromatic heterocycles. The fourth-order valence-electron chi connectivity index (χ4n) is 3.74. The topological polar surface area (TPSA) is 55.8 Å². The van der Waals surface area contributed by atoms with E-state index in [9.17, 15) is 14.0 Å². The Labute approximate surface area is 169 Å². The molecule has 1 heterocycles. The lowest BCUT2D eigenvalue weighted by molar-refractivity contribution is -0.122. The van der Waals surface area contributed by atoms with Crippen molar-refractivity contribution in [3.63, 3.8) is 0 Å². The highest BCUT2D eigenvalue weighted by Gasteiger charge is 2.49. The Morgan fingerprint density at radius 2 is 1.89 bits per heavy atom. The Hall–Kier alpha value is -2.10. The molecule has 1 saturated carbocycles. The van der Waals surface area contributed by atoms with Gasteiger partial charge in [-0.3, -0.25) is 9.59 Å². The molecule has 3 atom stereocenters. The molecule has 2 fully saturated rings. The molecule has 3 unspecified atom stereocenters. The molecule has 0 radical (unpaired) electrons. The molecule has 150 valence electrons. The molecule has 1 aliphatic heterocycles. The largest absolute Gasteiger partial charge is 0.476 e. The van der Waals surface area contributed by atoms with Gasteiger partial charge in [-0.25, -0.2) is 9.29 Å². The monoisotopic (exact) mass is 407 g/mol. The highest BCUT2D eigenvalue weighted by Crippen LogP contribution is 2.42. The van der Waals surface area contributed by atoms with Crippen LogP contribution in [0.4, 0.5) is 10.1 Å². The van der Waals surface area contributed by atoms with Gasteiger partial charge in [-0.15, -0.1) is 0 Å². The lowest BCUT2D eigenvalue weighted by Gasteiger charge is -2.19. The fourth-order valence-corrected chi connectivity index (χ4v) is 3.93. The number of carbonyl (C=O) groups is 2. The Morgan fingerprint density at radius 1 is 1.25 bits per heavy atom. The van der Waals surface area contributed by atoms with Crippen molar-refractivity contribution in [3.8, 4) is 17.6 Å². The molecule has 5 nitrogen and oxygen atoms in total. The summed E-state index contributed by atoms with van der Waals surface area (Å²) in [7, 11) is 0. The third kappa shape index (κ3) is 4.16. The van der Waals surface area contributed by atoms with Crippen LogP contribution in [0.5, 0.6) is 5.75 Å². The van der Waals surface area contributed by atoms with Crippen LogP contribution in [0.15, 0.2) is 12.1 Å². The van der Waals surface area contributed by atoms with Crippen LogP contribution in [0, 0.1) is 29.5 Å². The Morgan fingerprint density at radius 3 is 2.50 bits per heavy atom. The number of ether oxygens (including phenoxy) is 2. The normalized spacial score (nSPS) is 22.5. The highest BCUT2D eigenvalue weighted by molar-refractivity contribution is 6.32. The summed E-state index contributed by atoms with van der Waals surface area (Å²) in [5.41, 5.74) is -0.113. The van der Waals surface area contributed by atoms with E-state index in [0.29, 0.717) is 19.4 Å². The molecule has 0 bridgehead atoms. The minimum absolute atomic E-state index is 0.0521. The second-order valence-electron chi connectivity index (χ2n) is 6.96. The predicted octanol–water partition coefficient (Wildman–Crippen LogP) is 3.97. The van der Waals surface area contributed by atoms with Gasteiger partial charge in [0.1, 0.15) is 18.2 Å². The first-order valence-corrected chi connectivity index (χ1v) is 9.91. The van der Waals surface area contributed by atoms with Crippen molar-refractivity contribution in [2.45, 2.75) is 45.6 Å². The van der Waals surface area contributed by atoms with Gasteiger partial charge in [-0.2, -0.15) is 0 Å². The summed E-state index contributed by atoms with van der Waals surface area (Å²) in [6, 6.07) is 2.38. The highest BCUT2D eigenvalue weighted by atomic mass is 35.5. The first-order valence-electron chi connectivity index (χ1n) is 9.53. The zero-order chi connectivity index (χ0) is 20.3. The molecule has 0 N–H and O–H groups in total. The Balaban J connectivity index is 1.84. The summed E-state index contributed by atoms with van der Waals surface area (Å²) in [5.74, 6) is 3.73.